The molecule has 0 spiro atoms. The zero-order valence-corrected chi connectivity index (χ0v) is 23.2. The minimum atomic E-state index is -0.208. The molecule has 0 aromatic carbocycles. The maximum Gasteiger partial charge on any atom is 0.333 e. The van der Waals surface area contributed by atoms with Crippen LogP contribution in [0.1, 0.15) is 106 Å². The van der Waals surface area contributed by atoms with Crippen molar-refractivity contribution in [2.24, 2.45) is 45.3 Å². The summed E-state index contributed by atoms with van der Waals surface area (Å²) in [5.74, 6) is 2.44. The van der Waals surface area contributed by atoms with Gasteiger partial charge in [-0.2, -0.15) is 0 Å². The monoisotopic (exact) mass is 470 g/mol. The van der Waals surface area contributed by atoms with Gasteiger partial charge in [0.25, 0.3) is 0 Å². The number of carbonyl (C=O) groups is 1. The Morgan fingerprint density at radius 1 is 1.15 bits per heavy atom. The van der Waals surface area contributed by atoms with E-state index in [2.05, 4.69) is 53.7 Å². The molecule has 3 saturated carbocycles. The van der Waals surface area contributed by atoms with Gasteiger partial charge in [0.1, 0.15) is 0 Å². The zero-order valence-electron chi connectivity index (χ0n) is 23.2. The largest absolute Gasteiger partial charge is 0.466 e. The van der Waals surface area contributed by atoms with Crippen molar-refractivity contribution < 1.29 is 14.6 Å². The minimum Gasteiger partial charge on any atom is -0.466 e. The number of hydrogen-bond acceptors (Lipinski definition) is 3. The first-order valence-corrected chi connectivity index (χ1v) is 14.0. The van der Waals surface area contributed by atoms with E-state index in [0.717, 1.165) is 37.2 Å². The number of hydrogen-bond donors (Lipinski definition) is 1. The molecule has 3 heteroatoms. The van der Waals surface area contributed by atoms with E-state index in [-0.39, 0.29) is 17.5 Å². The topological polar surface area (TPSA) is 46.5 Å². The first-order valence-electron chi connectivity index (χ1n) is 14.0. The highest BCUT2D eigenvalue weighted by Gasteiger charge is 2.65. The number of esters is 1. The molecule has 0 aliphatic heterocycles. The van der Waals surface area contributed by atoms with E-state index in [1.54, 1.807) is 5.57 Å². The summed E-state index contributed by atoms with van der Waals surface area (Å²) in [6.45, 7) is 16.7. The molecule has 34 heavy (non-hydrogen) atoms. The van der Waals surface area contributed by atoms with E-state index in [9.17, 15) is 9.90 Å². The third kappa shape index (κ3) is 3.66. The van der Waals surface area contributed by atoms with Crippen LogP contribution in [0.2, 0.25) is 0 Å². The van der Waals surface area contributed by atoms with Crippen LogP contribution in [-0.2, 0) is 9.53 Å². The van der Waals surface area contributed by atoms with E-state index in [1.165, 1.54) is 39.2 Å². The molecule has 0 aromatic heterocycles. The van der Waals surface area contributed by atoms with Crippen LogP contribution < -0.4 is 0 Å². The molecule has 0 heterocycles. The smallest absolute Gasteiger partial charge is 0.333 e. The van der Waals surface area contributed by atoms with E-state index in [4.69, 9.17) is 4.74 Å². The molecule has 0 saturated heterocycles. The second-order valence-corrected chi connectivity index (χ2v) is 13.7. The quantitative estimate of drug-likeness (QED) is 0.257. The van der Waals surface area contributed by atoms with Crippen LogP contribution in [0, 0.1) is 45.3 Å². The highest BCUT2D eigenvalue weighted by atomic mass is 16.5. The van der Waals surface area contributed by atoms with E-state index in [0.29, 0.717) is 34.0 Å². The Bertz CT molecular complexity index is 868. The Morgan fingerprint density at radius 3 is 2.53 bits per heavy atom. The van der Waals surface area contributed by atoms with E-state index < -0.39 is 0 Å². The molecular weight excluding hydrogens is 420 g/mol. The Labute approximate surface area is 208 Å². The average molecular weight is 471 g/mol. The van der Waals surface area contributed by atoms with Crippen molar-refractivity contribution in [3.8, 4) is 0 Å². The van der Waals surface area contributed by atoms with E-state index in [1.807, 2.05) is 6.92 Å². The summed E-state index contributed by atoms with van der Waals surface area (Å²) >= 11 is 0. The molecule has 4 rings (SSSR count). The minimum absolute atomic E-state index is 0.000736. The third-order valence-electron chi connectivity index (χ3n) is 12.1. The first kappa shape index (κ1) is 26.0. The van der Waals surface area contributed by atoms with Crippen molar-refractivity contribution >= 4 is 5.97 Å². The van der Waals surface area contributed by atoms with Crippen molar-refractivity contribution in [2.75, 3.05) is 7.11 Å². The number of aliphatic hydroxyl groups is 1. The fourth-order valence-electron chi connectivity index (χ4n) is 9.66. The van der Waals surface area contributed by atoms with Crippen molar-refractivity contribution in [3.63, 3.8) is 0 Å². The van der Waals surface area contributed by atoms with Crippen molar-refractivity contribution in [1.29, 1.82) is 0 Å². The molecule has 0 unspecified atom stereocenters. The maximum atomic E-state index is 11.7. The number of rotatable bonds is 5. The summed E-state index contributed by atoms with van der Waals surface area (Å²) in [4.78, 5) is 11.7. The molecule has 8 atom stereocenters. The summed E-state index contributed by atoms with van der Waals surface area (Å²) < 4.78 is 4.86. The van der Waals surface area contributed by atoms with Gasteiger partial charge >= 0.3 is 5.97 Å². The van der Waals surface area contributed by atoms with Crippen molar-refractivity contribution in [3.05, 3.63) is 23.3 Å². The van der Waals surface area contributed by atoms with Crippen LogP contribution in [0.15, 0.2) is 23.3 Å². The molecule has 3 nitrogen and oxygen atoms in total. The highest BCUT2D eigenvalue weighted by molar-refractivity contribution is 5.87. The molecule has 0 amide bonds. The van der Waals surface area contributed by atoms with Crippen LogP contribution in [0.3, 0.4) is 0 Å². The molecule has 1 N–H and O–H groups in total. The lowest BCUT2D eigenvalue weighted by molar-refractivity contribution is -0.136. The molecule has 192 valence electrons. The van der Waals surface area contributed by atoms with Gasteiger partial charge in [-0.25, -0.2) is 4.79 Å². The fraction of sp³-hybridized carbons (Fsp3) is 0.839. The molecule has 4 aliphatic rings. The van der Waals surface area contributed by atoms with Gasteiger partial charge < -0.3 is 9.84 Å². The predicted octanol–water partition coefficient (Wildman–Crippen LogP) is 7.49. The predicted molar refractivity (Wildman–Crippen MR) is 139 cm³/mol. The summed E-state index contributed by atoms with van der Waals surface area (Å²) in [6.07, 6.45) is 15.2. The van der Waals surface area contributed by atoms with Crippen LogP contribution in [0.4, 0.5) is 0 Å². The molecular formula is C31H50O3. The van der Waals surface area contributed by atoms with E-state index >= 15 is 0 Å². The van der Waals surface area contributed by atoms with Gasteiger partial charge in [-0.05, 0) is 110 Å². The van der Waals surface area contributed by atoms with Crippen molar-refractivity contribution in [1.82, 2.24) is 0 Å². The highest BCUT2D eigenvalue weighted by Crippen LogP contribution is 2.73. The number of allylic oxidation sites excluding steroid dienone is 3. The average Bonchev–Trinajstić information content (AvgIpc) is 3.07. The van der Waals surface area contributed by atoms with Crippen molar-refractivity contribution in [2.45, 2.75) is 112 Å². The zero-order chi connectivity index (χ0) is 25.1. The first-order chi connectivity index (χ1) is 15.8. The Morgan fingerprint density at radius 2 is 1.85 bits per heavy atom. The lowest BCUT2D eigenvalue weighted by Crippen LogP contribution is -2.58. The summed E-state index contributed by atoms with van der Waals surface area (Å²) in [7, 11) is 1.46. The number of fused-ring (bicyclic) bond motifs is 5. The molecule has 0 bridgehead atoms. The van der Waals surface area contributed by atoms with Crippen LogP contribution in [0.25, 0.3) is 0 Å². The van der Waals surface area contributed by atoms with Crippen LogP contribution >= 0.6 is 0 Å². The second-order valence-electron chi connectivity index (χ2n) is 13.7. The van der Waals surface area contributed by atoms with Gasteiger partial charge in [0, 0.05) is 5.57 Å². The molecule has 0 aromatic rings. The second kappa shape index (κ2) is 8.79. The third-order valence-corrected chi connectivity index (χ3v) is 12.1. The number of aliphatic hydroxyl groups excluding tert-OH is 1. The lowest BCUT2D eigenvalue weighted by Gasteiger charge is -2.64. The van der Waals surface area contributed by atoms with Gasteiger partial charge in [0.05, 0.1) is 13.2 Å². The standard InChI is InChI=1S/C31H50O3/c1-20(10-9-11-21(2)27(33)34-8)22-14-18-31(7)24-12-13-25-28(3,4)26(32)16-17-29(25,5)23(24)15-19-30(22,31)6/h11-12,20,22-23,25-26,32H,9-10,13-19H2,1-8H3/b21-11-/t20-,22+,23-,25+,26+,29-,30+,31-/m1/s1. The van der Waals surface area contributed by atoms with Crippen LogP contribution in [-0.4, -0.2) is 24.3 Å². The Balaban J connectivity index is 1.56. The summed E-state index contributed by atoms with van der Waals surface area (Å²) in [5.41, 5.74) is 3.47. The fourth-order valence-corrected chi connectivity index (χ4v) is 9.66. The SMILES string of the molecule is COC(=O)/C(C)=C\CC[C@@H](C)[C@@H]1CC[C@]2(C)C3=CC[C@H]4C(C)(C)[C@@H](O)CC[C@]4(C)[C@@H]3CC[C@@]12C. The number of carbonyl (C=O) groups excluding carboxylic acids is 1. The summed E-state index contributed by atoms with van der Waals surface area (Å²) in [6, 6.07) is 0. The van der Waals surface area contributed by atoms with Crippen LogP contribution in [0.5, 0.6) is 0 Å². The van der Waals surface area contributed by atoms with Gasteiger partial charge in [0.15, 0.2) is 0 Å². The normalized spacial score (nSPS) is 44.4. The number of methoxy groups -OCH3 is 1. The van der Waals surface area contributed by atoms with Gasteiger partial charge in [-0.1, -0.05) is 59.3 Å². The molecule has 0 radical (unpaired) electrons. The van der Waals surface area contributed by atoms with Gasteiger partial charge in [-0.3, -0.25) is 0 Å². The Kier molecular flexibility index (Phi) is 6.71. The number of ether oxygens (including phenoxy) is 1. The Hall–Kier alpha value is -1.09. The maximum absolute atomic E-state index is 11.7. The van der Waals surface area contributed by atoms with Gasteiger partial charge in [0.2, 0.25) is 0 Å². The lowest BCUT2D eigenvalue weighted by atomic mass is 9.41. The van der Waals surface area contributed by atoms with Gasteiger partial charge in [-0.15, -0.1) is 0 Å². The molecule has 3 fully saturated rings. The molecule has 4 aliphatic carbocycles. The summed E-state index contributed by atoms with van der Waals surface area (Å²) in [5, 5.41) is 10.8.